The molecule has 2 aromatic rings. The Morgan fingerprint density at radius 1 is 1.28 bits per heavy atom. The number of rotatable bonds is 5. The van der Waals surface area contributed by atoms with Gasteiger partial charge in [-0.1, -0.05) is 24.3 Å². The van der Waals surface area contributed by atoms with Crippen LogP contribution >= 0.6 is 11.3 Å². The van der Waals surface area contributed by atoms with Crippen LogP contribution in [0.1, 0.15) is 28.2 Å². The number of carbonyl (C=O) groups excluding carboxylic acids is 1. The lowest BCUT2D eigenvalue weighted by atomic mass is 10.0. The van der Waals surface area contributed by atoms with Crippen molar-refractivity contribution >= 4 is 17.1 Å². The van der Waals surface area contributed by atoms with Gasteiger partial charge in [-0.15, -0.1) is 11.3 Å². The van der Waals surface area contributed by atoms with Crippen molar-refractivity contribution in [3.05, 3.63) is 51.5 Å². The zero-order valence-corrected chi connectivity index (χ0v) is 11.6. The summed E-state index contributed by atoms with van der Waals surface area (Å²) in [5.74, 6) is 0.271. The quantitative estimate of drug-likeness (QED) is 0.822. The summed E-state index contributed by atoms with van der Waals surface area (Å²) < 4.78 is 0. The van der Waals surface area contributed by atoms with E-state index >= 15 is 0 Å². The molecule has 0 atom stereocenters. The first-order chi connectivity index (χ1) is 8.65. The van der Waals surface area contributed by atoms with E-state index in [-0.39, 0.29) is 5.78 Å². The minimum absolute atomic E-state index is 0.271. The number of aromatic nitrogens is 1. The third kappa shape index (κ3) is 3.50. The van der Waals surface area contributed by atoms with E-state index in [0.29, 0.717) is 12.8 Å². The van der Waals surface area contributed by atoms with Gasteiger partial charge in [0.15, 0.2) is 0 Å². The van der Waals surface area contributed by atoms with E-state index in [9.17, 15) is 4.79 Å². The maximum absolute atomic E-state index is 11.9. The smallest absolute Gasteiger partial charge is 0.140 e. The number of nitrogens with zero attached hydrogens (tertiary/aromatic N) is 1. The highest BCUT2D eigenvalue weighted by Gasteiger charge is 2.08. The van der Waals surface area contributed by atoms with Crippen LogP contribution in [0.4, 0.5) is 0 Å². The second-order valence-corrected chi connectivity index (χ2v) is 5.47. The first-order valence-corrected chi connectivity index (χ1v) is 7.00. The normalized spacial score (nSPS) is 10.6. The molecule has 0 saturated heterocycles. The first kappa shape index (κ1) is 13.0. The number of hydrogen-bond acceptors (Lipinski definition) is 3. The molecule has 0 aliphatic heterocycles. The molecule has 0 aliphatic rings. The predicted octanol–water partition coefficient (Wildman–Crippen LogP) is 3.50. The zero-order chi connectivity index (χ0) is 13.0. The fourth-order valence-corrected chi connectivity index (χ4v) is 2.71. The van der Waals surface area contributed by atoms with E-state index in [0.717, 1.165) is 17.1 Å². The predicted molar refractivity (Wildman–Crippen MR) is 75.1 cm³/mol. The highest BCUT2D eigenvalue weighted by Crippen LogP contribution is 2.13. The van der Waals surface area contributed by atoms with Crippen LogP contribution in [0.15, 0.2) is 29.6 Å². The molecule has 2 rings (SSSR count). The van der Waals surface area contributed by atoms with Gasteiger partial charge >= 0.3 is 0 Å². The van der Waals surface area contributed by atoms with Crippen LogP contribution in [0.3, 0.4) is 0 Å². The monoisotopic (exact) mass is 259 g/mol. The van der Waals surface area contributed by atoms with Crippen LogP contribution in [0.25, 0.3) is 0 Å². The molecular weight excluding hydrogens is 242 g/mol. The molecular formula is C15H17NOS. The van der Waals surface area contributed by atoms with Crippen LogP contribution < -0.4 is 0 Å². The van der Waals surface area contributed by atoms with E-state index in [1.807, 2.05) is 24.4 Å². The van der Waals surface area contributed by atoms with Gasteiger partial charge in [0.25, 0.3) is 0 Å². The Balaban J connectivity index is 1.87. The molecule has 1 heterocycles. The summed E-state index contributed by atoms with van der Waals surface area (Å²) in [6.45, 7) is 4.04. The summed E-state index contributed by atoms with van der Waals surface area (Å²) in [4.78, 5) is 16.2. The number of ketones is 1. The molecule has 0 amide bonds. The summed E-state index contributed by atoms with van der Waals surface area (Å²) in [5, 5.41) is 2.92. The van der Waals surface area contributed by atoms with Gasteiger partial charge < -0.3 is 0 Å². The van der Waals surface area contributed by atoms with Crippen molar-refractivity contribution in [3.63, 3.8) is 0 Å². The first-order valence-electron chi connectivity index (χ1n) is 6.12. The van der Waals surface area contributed by atoms with Crippen LogP contribution in [0, 0.1) is 13.8 Å². The third-order valence-electron chi connectivity index (χ3n) is 2.95. The number of carbonyl (C=O) groups is 1. The molecule has 0 N–H and O–H groups in total. The zero-order valence-electron chi connectivity index (χ0n) is 10.8. The van der Waals surface area contributed by atoms with Gasteiger partial charge in [-0.2, -0.15) is 0 Å². The fourth-order valence-electron chi connectivity index (χ4n) is 1.91. The molecule has 0 radical (unpaired) electrons. The topological polar surface area (TPSA) is 30.0 Å². The van der Waals surface area contributed by atoms with E-state index in [1.54, 1.807) is 11.3 Å². The summed E-state index contributed by atoms with van der Waals surface area (Å²) >= 11 is 1.57. The summed E-state index contributed by atoms with van der Waals surface area (Å²) in [7, 11) is 0. The number of thiazole rings is 1. The molecule has 0 aliphatic carbocycles. The lowest BCUT2D eigenvalue weighted by molar-refractivity contribution is -0.118. The van der Waals surface area contributed by atoms with Crippen molar-refractivity contribution < 1.29 is 4.79 Å². The molecule has 0 unspecified atom stereocenters. The Bertz CT molecular complexity index is 545. The lowest BCUT2D eigenvalue weighted by Gasteiger charge is -2.04. The van der Waals surface area contributed by atoms with E-state index in [2.05, 4.69) is 24.0 Å². The largest absolute Gasteiger partial charge is 0.299 e. The Labute approximate surface area is 112 Å². The highest BCUT2D eigenvalue weighted by atomic mass is 32.1. The van der Waals surface area contributed by atoms with Crippen LogP contribution in [-0.4, -0.2) is 10.8 Å². The Morgan fingerprint density at radius 3 is 2.72 bits per heavy atom. The molecule has 0 fully saturated rings. The van der Waals surface area contributed by atoms with Crippen molar-refractivity contribution in [1.82, 2.24) is 4.98 Å². The molecule has 18 heavy (non-hydrogen) atoms. The number of benzene rings is 1. The van der Waals surface area contributed by atoms with Crippen molar-refractivity contribution in [1.29, 1.82) is 0 Å². The van der Waals surface area contributed by atoms with Gasteiger partial charge in [0.1, 0.15) is 10.8 Å². The third-order valence-corrected chi connectivity index (χ3v) is 3.92. The Hall–Kier alpha value is -1.48. The maximum Gasteiger partial charge on any atom is 0.140 e. The van der Waals surface area contributed by atoms with E-state index < -0.39 is 0 Å². The van der Waals surface area contributed by atoms with Gasteiger partial charge in [0.05, 0.1) is 6.42 Å². The summed E-state index contributed by atoms with van der Waals surface area (Å²) in [6, 6.07) is 8.23. The maximum atomic E-state index is 11.9. The van der Waals surface area contributed by atoms with E-state index in [1.165, 1.54) is 11.1 Å². The molecule has 1 aromatic carbocycles. The van der Waals surface area contributed by atoms with Gasteiger partial charge in [-0.05, 0) is 31.4 Å². The van der Waals surface area contributed by atoms with Crippen LogP contribution in [0.5, 0.6) is 0 Å². The molecule has 94 valence electrons. The molecule has 2 nitrogen and oxygen atoms in total. The van der Waals surface area contributed by atoms with Crippen molar-refractivity contribution in [2.24, 2.45) is 0 Å². The second kappa shape index (κ2) is 5.91. The summed E-state index contributed by atoms with van der Waals surface area (Å²) in [5.41, 5.74) is 3.53. The number of aryl methyl sites for hydroxylation is 3. The lowest BCUT2D eigenvalue weighted by Crippen LogP contribution is -2.04. The Morgan fingerprint density at radius 2 is 2.06 bits per heavy atom. The Kier molecular flexibility index (Phi) is 4.26. The SMILES string of the molecule is Cc1csc(CC(=O)CCc2ccccc2C)n1. The molecule has 0 saturated carbocycles. The fraction of sp³-hybridized carbons (Fsp3) is 0.333. The average Bonchev–Trinajstić information content (AvgIpc) is 2.74. The highest BCUT2D eigenvalue weighted by molar-refractivity contribution is 7.09. The average molecular weight is 259 g/mol. The number of hydrogen-bond donors (Lipinski definition) is 0. The molecule has 1 aromatic heterocycles. The van der Waals surface area contributed by atoms with Crippen LogP contribution in [-0.2, 0) is 17.6 Å². The minimum Gasteiger partial charge on any atom is -0.299 e. The van der Waals surface area contributed by atoms with Gasteiger partial charge in [-0.3, -0.25) is 4.79 Å². The van der Waals surface area contributed by atoms with E-state index in [4.69, 9.17) is 0 Å². The second-order valence-electron chi connectivity index (χ2n) is 4.52. The van der Waals surface area contributed by atoms with Gasteiger partial charge in [-0.25, -0.2) is 4.98 Å². The molecule has 0 bridgehead atoms. The molecule has 0 spiro atoms. The number of Topliss-reactive ketones (excluding diaryl/α,β-unsaturated/α-hetero) is 1. The van der Waals surface area contributed by atoms with Gasteiger partial charge in [0, 0.05) is 17.5 Å². The van der Waals surface area contributed by atoms with Crippen molar-refractivity contribution in [3.8, 4) is 0 Å². The van der Waals surface area contributed by atoms with Crippen LogP contribution in [0.2, 0.25) is 0 Å². The van der Waals surface area contributed by atoms with Gasteiger partial charge in [0.2, 0.25) is 0 Å². The standard InChI is InChI=1S/C15H17NOS/c1-11-5-3-4-6-13(11)7-8-14(17)9-15-16-12(2)10-18-15/h3-6,10H,7-9H2,1-2H3. The van der Waals surface area contributed by atoms with Crippen molar-refractivity contribution in [2.45, 2.75) is 33.1 Å². The minimum atomic E-state index is 0.271. The molecule has 3 heteroatoms. The van der Waals surface area contributed by atoms with Crippen molar-refractivity contribution in [2.75, 3.05) is 0 Å². The summed E-state index contributed by atoms with van der Waals surface area (Å²) in [6.07, 6.45) is 1.91.